The molecule has 6 rings (SSSR count). The van der Waals surface area contributed by atoms with Crippen molar-refractivity contribution in [2.24, 2.45) is 0 Å². The molecular weight excluding hydrogens is 484 g/mol. The number of nitrogens with two attached hydrogens (primary N) is 1. The van der Waals surface area contributed by atoms with Gasteiger partial charge in [-0.2, -0.15) is 0 Å². The molecule has 2 aliphatic heterocycles. The largest absolute Gasteiger partial charge is 0.382 e. The molecule has 0 saturated carbocycles. The van der Waals surface area contributed by atoms with Crippen molar-refractivity contribution in [1.82, 2.24) is 9.88 Å². The van der Waals surface area contributed by atoms with Crippen molar-refractivity contribution >= 4 is 28.8 Å². The van der Waals surface area contributed by atoms with Gasteiger partial charge in [-0.1, -0.05) is 54.1 Å². The lowest BCUT2D eigenvalue weighted by molar-refractivity contribution is -0.118. The summed E-state index contributed by atoms with van der Waals surface area (Å²) in [5, 5.41) is 1.05. The van der Waals surface area contributed by atoms with E-state index in [9.17, 15) is 4.79 Å². The zero-order valence-electron chi connectivity index (χ0n) is 23.0. The van der Waals surface area contributed by atoms with Crippen LogP contribution in [0.25, 0.3) is 22.0 Å². The first-order chi connectivity index (χ1) is 18.9. The number of aromatic nitrogens is 1. The Morgan fingerprint density at radius 1 is 1.05 bits per heavy atom. The van der Waals surface area contributed by atoms with Gasteiger partial charge < -0.3 is 20.3 Å². The van der Waals surface area contributed by atoms with Crippen LogP contribution >= 0.6 is 0 Å². The van der Waals surface area contributed by atoms with Crippen molar-refractivity contribution < 1.29 is 9.53 Å². The number of anilines is 2. The van der Waals surface area contributed by atoms with E-state index in [2.05, 4.69) is 92.4 Å². The van der Waals surface area contributed by atoms with Crippen LogP contribution in [0.2, 0.25) is 0 Å². The van der Waals surface area contributed by atoms with Gasteiger partial charge >= 0.3 is 0 Å². The normalized spacial score (nSPS) is 21.5. The van der Waals surface area contributed by atoms with E-state index in [4.69, 9.17) is 15.5 Å². The zero-order valence-corrected chi connectivity index (χ0v) is 23.0. The molecule has 39 heavy (non-hydrogen) atoms. The molecule has 1 aromatic heterocycles. The highest BCUT2D eigenvalue weighted by atomic mass is 16.5. The quantitative estimate of drug-likeness (QED) is 0.320. The molecule has 2 unspecified atom stereocenters. The molecule has 3 aromatic carbocycles. The molecule has 6 nitrogen and oxygen atoms in total. The smallest absolute Gasteiger partial charge is 0.210 e. The van der Waals surface area contributed by atoms with Crippen molar-refractivity contribution in [3.8, 4) is 11.1 Å². The highest BCUT2D eigenvalue weighted by Gasteiger charge is 2.35. The maximum Gasteiger partial charge on any atom is 0.210 e. The molecule has 2 aliphatic rings. The third kappa shape index (κ3) is 4.63. The monoisotopic (exact) mass is 520 g/mol. The highest BCUT2D eigenvalue weighted by molar-refractivity contribution is 5.91. The van der Waals surface area contributed by atoms with Crippen LogP contribution in [0.4, 0.5) is 11.5 Å². The van der Waals surface area contributed by atoms with Gasteiger partial charge in [0.1, 0.15) is 11.4 Å². The number of carbonyl (C=O) groups excluding carboxylic acids is 1. The molecule has 6 heteroatoms. The number of amides is 1. The summed E-state index contributed by atoms with van der Waals surface area (Å²) < 4.78 is 6.31. The molecular formula is C33H36N4O2. The lowest BCUT2D eigenvalue weighted by atomic mass is 9.89. The maximum atomic E-state index is 11.8. The first-order valence-electron chi connectivity index (χ1n) is 13.8. The van der Waals surface area contributed by atoms with E-state index in [1.807, 2.05) is 4.90 Å². The van der Waals surface area contributed by atoms with E-state index in [0.717, 1.165) is 60.1 Å². The molecule has 2 N–H and O–H groups in total. The number of likely N-dealkylation sites (tertiary alicyclic amines) is 1. The number of fused-ring (bicyclic) bond motifs is 1. The van der Waals surface area contributed by atoms with Gasteiger partial charge in [-0.3, -0.25) is 4.79 Å². The van der Waals surface area contributed by atoms with Crippen LogP contribution in [-0.4, -0.2) is 42.5 Å². The van der Waals surface area contributed by atoms with Crippen LogP contribution in [0, 0.1) is 13.8 Å². The Morgan fingerprint density at radius 3 is 2.67 bits per heavy atom. The molecule has 0 radical (unpaired) electrons. The average Bonchev–Trinajstić information content (AvgIpc) is 3.41. The van der Waals surface area contributed by atoms with Gasteiger partial charge in [0.05, 0.1) is 30.4 Å². The van der Waals surface area contributed by atoms with Gasteiger partial charge in [0, 0.05) is 18.5 Å². The van der Waals surface area contributed by atoms with Crippen LogP contribution in [0.5, 0.6) is 0 Å². The van der Waals surface area contributed by atoms with Crippen molar-refractivity contribution in [2.75, 3.05) is 36.9 Å². The summed E-state index contributed by atoms with van der Waals surface area (Å²) in [5.41, 5.74) is 15.1. The van der Waals surface area contributed by atoms with Crippen LogP contribution in [0.15, 0.2) is 66.7 Å². The number of rotatable bonds is 5. The standard InChI is InChI=1S/C33H36N4O2/c1-22-9-12-26(13-10-22)33(3)20-36(16-17-39-33)30-19-25-18-24(11-14-28(25)35-32(30)34)31-23(2)6-4-7-27(31)29-8-5-15-37(29)21-38/h4,6-7,9-14,18-19,21,29H,5,8,15-17,20H2,1-3H3,(H2,34,35). The number of aryl methyl sites for hydroxylation is 2. The van der Waals surface area contributed by atoms with Gasteiger partial charge in [0.25, 0.3) is 0 Å². The minimum absolute atomic E-state index is 0.112. The summed E-state index contributed by atoms with van der Waals surface area (Å²) in [4.78, 5) is 20.8. The highest BCUT2D eigenvalue weighted by Crippen LogP contribution is 2.40. The van der Waals surface area contributed by atoms with Crippen LogP contribution < -0.4 is 10.6 Å². The summed E-state index contributed by atoms with van der Waals surface area (Å²) in [6.07, 6.45) is 3.01. The number of morpholine rings is 1. The first kappa shape index (κ1) is 25.4. The lowest BCUT2D eigenvalue weighted by Crippen LogP contribution is -2.48. The Balaban J connectivity index is 1.38. The zero-order chi connectivity index (χ0) is 27.1. The van der Waals surface area contributed by atoms with E-state index in [-0.39, 0.29) is 6.04 Å². The van der Waals surface area contributed by atoms with Crippen molar-refractivity contribution in [3.63, 3.8) is 0 Å². The number of nitrogens with zero attached hydrogens (tertiary/aromatic N) is 3. The summed E-state index contributed by atoms with van der Waals surface area (Å²) in [6, 6.07) is 23.7. The van der Waals surface area contributed by atoms with E-state index in [1.54, 1.807) is 0 Å². The van der Waals surface area contributed by atoms with E-state index in [0.29, 0.717) is 19.0 Å². The van der Waals surface area contributed by atoms with Crippen molar-refractivity contribution in [3.05, 3.63) is 89.0 Å². The van der Waals surface area contributed by atoms with E-state index < -0.39 is 5.60 Å². The Kier molecular flexibility index (Phi) is 6.51. The molecule has 0 aliphatic carbocycles. The second kappa shape index (κ2) is 10.0. The molecule has 0 bridgehead atoms. The molecule has 200 valence electrons. The van der Waals surface area contributed by atoms with E-state index in [1.165, 1.54) is 22.3 Å². The third-order valence-corrected chi connectivity index (χ3v) is 8.48. The lowest BCUT2D eigenvalue weighted by Gasteiger charge is -2.42. The maximum absolute atomic E-state index is 11.8. The SMILES string of the molecule is Cc1ccc(C2(C)CN(c3cc4cc(-c5c(C)cccc5C5CCCN5C=O)ccc4nc3N)CCO2)cc1. The first-order valence-corrected chi connectivity index (χ1v) is 13.8. The van der Waals surface area contributed by atoms with Crippen LogP contribution in [-0.2, 0) is 15.1 Å². The fourth-order valence-electron chi connectivity index (χ4n) is 6.36. The fourth-order valence-corrected chi connectivity index (χ4v) is 6.36. The molecule has 2 atom stereocenters. The molecule has 1 amide bonds. The van der Waals surface area contributed by atoms with Gasteiger partial charge in [-0.05, 0) is 79.6 Å². The van der Waals surface area contributed by atoms with Crippen molar-refractivity contribution in [2.45, 2.75) is 45.3 Å². The van der Waals surface area contributed by atoms with Crippen molar-refractivity contribution in [1.29, 1.82) is 0 Å². The molecule has 2 fully saturated rings. The number of hydrogen-bond acceptors (Lipinski definition) is 5. The Bertz CT molecular complexity index is 1530. The van der Waals surface area contributed by atoms with Gasteiger partial charge in [-0.25, -0.2) is 4.98 Å². The van der Waals surface area contributed by atoms with Gasteiger partial charge in [0.2, 0.25) is 6.41 Å². The Morgan fingerprint density at radius 2 is 1.87 bits per heavy atom. The van der Waals surface area contributed by atoms with Crippen LogP contribution in [0.3, 0.4) is 0 Å². The minimum Gasteiger partial charge on any atom is -0.382 e. The minimum atomic E-state index is -0.434. The van der Waals surface area contributed by atoms with Gasteiger partial charge in [-0.15, -0.1) is 0 Å². The molecule has 4 aromatic rings. The topological polar surface area (TPSA) is 71.7 Å². The molecule has 3 heterocycles. The predicted octanol–water partition coefficient (Wildman–Crippen LogP) is 6.15. The van der Waals surface area contributed by atoms with Crippen LogP contribution in [0.1, 0.15) is 48.1 Å². The summed E-state index contributed by atoms with van der Waals surface area (Å²) >= 11 is 0. The summed E-state index contributed by atoms with van der Waals surface area (Å²) in [7, 11) is 0. The molecule has 2 saturated heterocycles. The second-order valence-corrected chi connectivity index (χ2v) is 11.2. The third-order valence-electron chi connectivity index (χ3n) is 8.48. The Labute approximate surface area is 230 Å². The average molecular weight is 521 g/mol. The summed E-state index contributed by atoms with van der Waals surface area (Å²) in [5.74, 6) is 0.535. The number of pyridine rings is 1. The number of hydrogen-bond donors (Lipinski definition) is 1. The predicted molar refractivity (Wildman–Crippen MR) is 158 cm³/mol. The van der Waals surface area contributed by atoms with E-state index >= 15 is 0 Å². The molecule has 0 spiro atoms. The summed E-state index contributed by atoms with van der Waals surface area (Å²) in [6.45, 7) is 9.27. The number of carbonyl (C=O) groups is 1. The number of benzene rings is 3. The Hall–Kier alpha value is -3.90. The number of nitrogen functional groups attached to an aromatic ring is 1. The fraction of sp³-hybridized carbons (Fsp3) is 0.333. The number of ether oxygens (including phenoxy) is 1. The van der Waals surface area contributed by atoms with Gasteiger partial charge in [0.15, 0.2) is 0 Å². The second-order valence-electron chi connectivity index (χ2n) is 11.2.